The molecular formula is C25H42N2O6Si2. The van der Waals surface area contributed by atoms with Crippen molar-refractivity contribution in [2.45, 2.75) is 83.2 Å². The number of aromatic hydroxyl groups is 1. The molecule has 0 aliphatic carbocycles. The van der Waals surface area contributed by atoms with Crippen molar-refractivity contribution < 1.29 is 28.6 Å². The molecule has 196 valence electrons. The maximum Gasteiger partial charge on any atom is 0.256 e. The summed E-state index contributed by atoms with van der Waals surface area (Å²) in [5.74, 6) is -0.419. The van der Waals surface area contributed by atoms with Gasteiger partial charge in [0.15, 0.2) is 19.8 Å². The number of carbonyl (C=O) groups is 2. The minimum atomic E-state index is -2.08. The van der Waals surface area contributed by atoms with Crippen LogP contribution in [-0.4, -0.2) is 77.4 Å². The largest absolute Gasteiger partial charge is 0.504 e. The SMILES string of the molecule is COc1cc2c(cc1O)C(=O)N1C[C@H](O[Si](C)(C)C(C)(C)C)C[C@H]1C(=O)N2COCC[Si](C)(C)C. The lowest BCUT2D eigenvalue weighted by Gasteiger charge is -2.38. The van der Waals surface area contributed by atoms with E-state index in [0.717, 1.165) is 6.04 Å². The molecule has 2 aliphatic heterocycles. The molecule has 0 radical (unpaired) electrons. The van der Waals surface area contributed by atoms with E-state index < -0.39 is 22.4 Å². The number of nitrogens with zero attached hydrogens (tertiary/aromatic N) is 2. The smallest absolute Gasteiger partial charge is 0.256 e. The van der Waals surface area contributed by atoms with E-state index in [4.69, 9.17) is 13.9 Å². The van der Waals surface area contributed by atoms with Crippen LogP contribution >= 0.6 is 0 Å². The van der Waals surface area contributed by atoms with Gasteiger partial charge in [-0.1, -0.05) is 40.4 Å². The molecule has 0 spiro atoms. The summed E-state index contributed by atoms with van der Waals surface area (Å²) in [5, 5.41) is 10.4. The van der Waals surface area contributed by atoms with Crippen LogP contribution in [0.5, 0.6) is 11.5 Å². The molecule has 1 saturated heterocycles. The van der Waals surface area contributed by atoms with E-state index in [0.29, 0.717) is 25.3 Å². The molecule has 0 unspecified atom stereocenters. The third-order valence-corrected chi connectivity index (χ3v) is 13.6. The lowest BCUT2D eigenvalue weighted by atomic mass is 10.1. The Bertz CT molecular complexity index is 970. The fourth-order valence-electron chi connectivity index (χ4n) is 4.17. The van der Waals surface area contributed by atoms with Gasteiger partial charge < -0.3 is 23.9 Å². The highest BCUT2D eigenvalue weighted by Gasteiger charge is 2.49. The molecule has 35 heavy (non-hydrogen) atoms. The van der Waals surface area contributed by atoms with Gasteiger partial charge in [0.25, 0.3) is 11.8 Å². The van der Waals surface area contributed by atoms with Crippen molar-refractivity contribution in [1.29, 1.82) is 0 Å². The Hall–Kier alpha value is -1.89. The number of hydrogen-bond acceptors (Lipinski definition) is 6. The van der Waals surface area contributed by atoms with Crippen LogP contribution in [0.4, 0.5) is 5.69 Å². The van der Waals surface area contributed by atoms with Crippen molar-refractivity contribution in [3.8, 4) is 11.5 Å². The number of methoxy groups -OCH3 is 1. The molecule has 10 heteroatoms. The Morgan fingerprint density at radius 2 is 1.77 bits per heavy atom. The molecule has 0 saturated carbocycles. The quantitative estimate of drug-likeness (QED) is 0.394. The number of amides is 2. The van der Waals surface area contributed by atoms with E-state index in [-0.39, 0.29) is 46.7 Å². The maximum atomic E-state index is 13.8. The van der Waals surface area contributed by atoms with Gasteiger partial charge in [-0.3, -0.25) is 14.5 Å². The van der Waals surface area contributed by atoms with Crippen LogP contribution in [0.2, 0.25) is 43.8 Å². The van der Waals surface area contributed by atoms with Gasteiger partial charge in [0, 0.05) is 33.7 Å². The summed E-state index contributed by atoms with van der Waals surface area (Å²) in [7, 11) is -1.94. The van der Waals surface area contributed by atoms with Crippen molar-refractivity contribution in [2.75, 3.05) is 31.9 Å². The fraction of sp³-hybridized carbons (Fsp3) is 0.680. The molecule has 0 bridgehead atoms. The van der Waals surface area contributed by atoms with Crippen LogP contribution in [0.25, 0.3) is 0 Å². The summed E-state index contributed by atoms with van der Waals surface area (Å²) in [6, 6.07) is 3.27. The number of benzene rings is 1. The highest BCUT2D eigenvalue weighted by Crippen LogP contribution is 2.42. The zero-order valence-corrected chi connectivity index (χ0v) is 24.7. The lowest BCUT2D eigenvalue weighted by Crippen LogP contribution is -2.45. The van der Waals surface area contributed by atoms with Gasteiger partial charge in [-0.05, 0) is 30.2 Å². The summed E-state index contributed by atoms with van der Waals surface area (Å²) in [5.41, 5.74) is 0.667. The van der Waals surface area contributed by atoms with E-state index in [1.54, 1.807) is 11.0 Å². The Kier molecular flexibility index (Phi) is 7.81. The molecule has 1 N–H and O–H groups in total. The third-order valence-electron chi connectivity index (χ3n) is 7.38. The van der Waals surface area contributed by atoms with Crippen LogP contribution in [0, 0.1) is 0 Å². The van der Waals surface area contributed by atoms with E-state index in [1.807, 2.05) is 0 Å². The average Bonchev–Trinajstić information content (AvgIpc) is 3.11. The molecule has 1 fully saturated rings. The van der Waals surface area contributed by atoms with Crippen molar-refractivity contribution in [3.63, 3.8) is 0 Å². The van der Waals surface area contributed by atoms with Gasteiger partial charge in [0.05, 0.1) is 24.5 Å². The molecule has 1 aromatic rings. The highest BCUT2D eigenvalue weighted by molar-refractivity contribution is 6.76. The number of carbonyl (C=O) groups excluding carboxylic acids is 2. The first kappa shape index (κ1) is 27.7. The molecule has 2 amide bonds. The average molecular weight is 523 g/mol. The highest BCUT2D eigenvalue weighted by atomic mass is 28.4. The monoisotopic (exact) mass is 522 g/mol. The van der Waals surface area contributed by atoms with Crippen LogP contribution < -0.4 is 9.64 Å². The molecule has 3 rings (SSSR count). The summed E-state index contributed by atoms with van der Waals surface area (Å²) in [4.78, 5) is 30.6. The number of anilines is 1. The molecule has 8 nitrogen and oxygen atoms in total. The van der Waals surface area contributed by atoms with Crippen LogP contribution in [0.15, 0.2) is 12.1 Å². The Morgan fingerprint density at radius 1 is 1.11 bits per heavy atom. The number of phenolic OH excluding ortho intramolecular Hbond substituents is 1. The molecule has 0 aromatic heterocycles. The zero-order valence-electron chi connectivity index (χ0n) is 22.7. The minimum absolute atomic E-state index is 0.0200. The standard InChI is InChI=1S/C25H42N2O6Si2/c1-25(2,3)35(8,9)33-17-12-20-24(30)27(16-32-10-11-34(5,6)7)19-14-22(31-4)21(28)13-18(19)23(29)26(20)15-17/h13-14,17,20,28H,10-12,15-16H2,1-9H3/t17-,20+/m1/s1. The Morgan fingerprint density at radius 3 is 2.34 bits per heavy atom. The molecule has 1 aromatic carbocycles. The second-order valence-corrected chi connectivity index (χ2v) is 22.7. The summed E-state index contributed by atoms with van der Waals surface area (Å²) in [6.07, 6.45) is 0.233. The fourth-order valence-corrected chi connectivity index (χ4v) is 6.29. The summed E-state index contributed by atoms with van der Waals surface area (Å²) >= 11 is 0. The number of fused-ring (bicyclic) bond motifs is 2. The normalized spacial score (nSPS) is 21.2. The second-order valence-electron chi connectivity index (χ2n) is 12.4. The maximum absolute atomic E-state index is 13.8. The molecule has 2 atom stereocenters. The Balaban J connectivity index is 1.93. The Labute approximate surface area is 211 Å². The van der Waals surface area contributed by atoms with Gasteiger partial charge in [-0.15, -0.1) is 0 Å². The number of phenols is 1. The van der Waals surface area contributed by atoms with Gasteiger partial charge in [-0.2, -0.15) is 0 Å². The van der Waals surface area contributed by atoms with Crippen LogP contribution in [-0.2, 0) is 14.0 Å². The minimum Gasteiger partial charge on any atom is -0.504 e. The van der Waals surface area contributed by atoms with Crippen molar-refractivity contribution in [1.82, 2.24) is 4.90 Å². The van der Waals surface area contributed by atoms with Gasteiger partial charge >= 0.3 is 0 Å². The summed E-state index contributed by atoms with van der Waals surface area (Å²) in [6.45, 7) is 18.6. The van der Waals surface area contributed by atoms with Crippen LogP contribution in [0.1, 0.15) is 37.6 Å². The van der Waals surface area contributed by atoms with E-state index in [2.05, 4.69) is 53.5 Å². The molecular weight excluding hydrogens is 480 g/mol. The van der Waals surface area contributed by atoms with Gasteiger partial charge in [0.1, 0.15) is 12.8 Å². The van der Waals surface area contributed by atoms with Crippen LogP contribution in [0.3, 0.4) is 0 Å². The third kappa shape index (κ3) is 5.92. The van der Waals surface area contributed by atoms with Crippen molar-refractivity contribution in [2.24, 2.45) is 0 Å². The van der Waals surface area contributed by atoms with E-state index >= 15 is 0 Å². The van der Waals surface area contributed by atoms with Gasteiger partial charge in [-0.25, -0.2) is 0 Å². The predicted molar refractivity (Wildman–Crippen MR) is 143 cm³/mol. The number of hydrogen-bond donors (Lipinski definition) is 1. The first-order chi connectivity index (χ1) is 16.1. The number of ether oxygens (including phenoxy) is 2. The van der Waals surface area contributed by atoms with E-state index in [1.165, 1.54) is 18.1 Å². The first-order valence-electron chi connectivity index (χ1n) is 12.3. The number of rotatable bonds is 8. The van der Waals surface area contributed by atoms with Crippen molar-refractivity contribution in [3.05, 3.63) is 17.7 Å². The zero-order chi connectivity index (χ0) is 26.3. The second kappa shape index (κ2) is 9.87. The molecule has 2 heterocycles. The topological polar surface area (TPSA) is 88.5 Å². The van der Waals surface area contributed by atoms with Crippen molar-refractivity contribution >= 4 is 33.9 Å². The van der Waals surface area contributed by atoms with Gasteiger partial charge in [0.2, 0.25) is 0 Å². The molecule has 2 aliphatic rings. The lowest BCUT2D eigenvalue weighted by molar-refractivity contribution is -0.123. The predicted octanol–water partition coefficient (Wildman–Crippen LogP) is 4.66. The van der Waals surface area contributed by atoms with E-state index in [9.17, 15) is 14.7 Å². The summed E-state index contributed by atoms with van der Waals surface area (Å²) < 4.78 is 17.8. The first-order valence-corrected chi connectivity index (χ1v) is 19.0.